The van der Waals surface area contributed by atoms with Gasteiger partial charge in [0.2, 0.25) is 0 Å². The zero-order valence-corrected chi connectivity index (χ0v) is 24.7. The van der Waals surface area contributed by atoms with Gasteiger partial charge in [-0.15, -0.1) is 0 Å². The molecule has 1 heterocycles. The van der Waals surface area contributed by atoms with Gasteiger partial charge in [0.15, 0.2) is 8.32 Å². The summed E-state index contributed by atoms with van der Waals surface area (Å²) < 4.78 is 12.6. The summed E-state index contributed by atoms with van der Waals surface area (Å²) >= 11 is 0. The Morgan fingerprint density at radius 2 is 1.63 bits per heavy atom. The van der Waals surface area contributed by atoms with Crippen LogP contribution in [0.1, 0.15) is 87.1 Å². The topological polar surface area (TPSA) is 59.0 Å². The summed E-state index contributed by atoms with van der Waals surface area (Å²) in [6, 6.07) is 10.4. The standard InChI is InChI=1S/C29H51NO4Si/c1-21(2)35(22(3)4,23(5)6)33-20-25(18-24-14-11-10-12-15-24)27(31)19-26-16-13-17-30(26)28(32)34-29(7,8)9/h10-12,14-15,21-23,25-27,31H,13,16-20H2,1-9H3/t25?,26-,27?/m0/s1. The molecule has 1 aliphatic rings. The van der Waals surface area contributed by atoms with Crippen molar-refractivity contribution < 1.29 is 19.1 Å². The Bertz CT molecular complexity index is 753. The summed E-state index contributed by atoms with van der Waals surface area (Å²) in [6.07, 6.45) is 2.34. The van der Waals surface area contributed by atoms with Crippen molar-refractivity contribution in [3.63, 3.8) is 0 Å². The lowest BCUT2D eigenvalue weighted by Crippen LogP contribution is -2.49. The van der Waals surface area contributed by atoms with E-state index in [1.165, 1.54) is 5.56 Å². The van der Waals surface area contributed by atoms with Crippen molar-refractivity contribution in [2.45, 2.75) is 122 Å². The summed E-state index contributed by atoms with van der Waals surface area (Å²) in [4.78, 5) is 14.6. The fraction of sp³-hybridized carbons (Fsp3) is 0.759. The minimum absolute atomic E-state index is 0.000390. The first-order chi connectivity index (χ1) is 16.3. The molecule has 3 atom stereocenters. The highest BCUT2D eigenvalue weighted by Crippen LogP contribution is 2.43. The van der Waals surface area contributed by atoms with Crippen LogP contribution in [0.4, 0.5) is 4.79 Å². The molecule has 0 aromatic heterocycles. The van der Waals surface area contributed by atoms with Gasteiger partial charge in [-0.05, 0) is 68.6 Å². The zero-order chi connectivity index (χ0) is 26.4. The Hall–Kier alpha value is -1.37. The molecule has 0 bridgehead atoms. The van der Waals surface area contributed by atoms with Gasteiger partial charge in [-0.25, -0.2) is 4.79 Å². The van der Waals surface area contributed by atoms with Gasteiger partial charge >= 0.3 is 6.09 Å². The molecule has 1 aromatic rings. The van der Waals surface area contributed by atoms with E-state index in [9.17, 15) is 9.90 Å². The number of aliphatic hydroxyl groups excluding tert-OH is 1. The van der Waals surface area contributed by atoms with Crippen molar-refractivity contribution in [1.29, 1.82) is 0 Å². The molecular formula is C29H51NO4Si. The van der Waals surface area contributed by atoms with Crippen molar-refractivity contribution in [2.24, 2.45) is 5.92 Å². The van der Waals surface area contributed by atoms with Crippen LogP contribution in [0.3, 0.4) is 0 Å². The Morgan fingerprint density at radius 1 is 1.06 bits per heavy atom. The summed E-state index contributed by atoms with van der Waals surface area (Å²) in [5.74, 6) is -0.0263. The third-order valence-electron chi connectivity index (χ3n) is 7.66. The van der Waals surface area contributed by atoms with Crippen molar-refractivity contribution >= 4 is 14.4 Å². The predicted octanol–water partition coefficient (Wildman–Crippen LogP) is 7.19. The number of nitrogens with zero attached hydrogens (tertiary/aromatic N) is 1. The highest BCUT2D eigenvalue weighted by molar-refractivity contribution is 6.77. The van der Waals surface area contributed by atoms with E-state index in [2.05, 4.69) is 65.8 Å². The predicted molar refractivity (Wildman–Crippen MR) is 147 cm³/mol. The minimum atomic E-state index is -2.05. The Morgan fingerprint density at radius 3 is 2.14 bits per heavy atom. The maximum atomic E-state index is 12.8. The van der Waals surface area contributed by atoms with Crippen LogP contribution in [0.15, 0.2) is 30.3 Å². The Kier molecular flexibility index (Phi) is 10.9. The quantitative estimate of drug-likeness (QED) is 0.323. The summed E-state index contributed by atoms with van der Waals surface area (Å²) in [6.45, 7) is 20.7. The molecule has 2 unspecified atom stereocenters. The number of rotatable bonds is 11. The lowest BCUT2D eigenvalue weighted by atomic mass is 9.90. The molecule has 1 aromatic carbocycles. The van der Waals surface area contributed by atoms with Crippen LogP contribution in [0.5, 0.6) is 0 Å². The number of aliphatic hydroxyl groups is 1. The average molecular weight is 506 g/mol. The highest BCUT2D eigenvalue weighted by atomic mass is 28.4. The molecule has 0 radical (unpaired) electrons. The summed E-state index contributed by atoms with van der Waals surface area (Å²) in [5.41, 5.74) is 2.17. The summed E-state index contributed by atoms with van der Waals surface area (Å²) in [7, 11) is -2.05. The van der Waals surface area contributed by atoms with Crippen LogP contribution in [-0.2, 0) is 15.6 Å². The lowest BCUT2D eigenvalue weighted by Gasteiger charge is -2.43. The van der Waals surface area contributed by atoms with Crippen LogP contribution >= 0.6 is 0 Å². The smallest absolute Gasteiger partial charge is 0.410 e. The van der Waals surface area contributed by atoms with E-state index in [0.29, 0.717) is 36.2 Å². The molecule has 6 heteroatoms. The molecule has 1 N–H and O–H groups in total. The molecule has 0 spiro atoms. The van der Waals surface area contributed by atoms with E-state index < -0.39 is 20.0 Å². The molecular weight excluding hydrogens is 454 g/mol. The molecule has 1 aliphatic heterocycles. The zero-order valence-electron chi connectivity index (χ0n) is 23.7. The van der Waals surface area contributed by atoms with Crippen molar-refractivity contribution in [3.05, 3.63) is 35.9 Å². The number of amides is 1. The second-order valence-corrected chi connectivity index (χ2v) is 17.8. The molecule has 0 aliphatic carbocycles. The third-order valence-corrected chi connectivity index (χ3v) is 13.7. The molecule has 5 nitrogen and oxygen atoms in total. The van der Waals surface area contributed by atoms with Crippen LogP contribution in [0, 0.1) is 5.92 Å². The fourth-order valence-electron chi connectivity index (χ4n) is 6.09. The largest absolute Gasteiger partial charge is 0.444 e. The van der Waals surface area contributed by atoms with Gasteiger partial charge in [-0.2, -0.15) is 0 Å². The first kappa shape index (κ1) is 29.9. The van der Waals surface area contributed by atoms with E-state index in [-0.39, 0.29) is 18.1 Å². The van der Waals surface area contributed by atoms with Crippen LogP contribution < -0.4 is 0 Å². The van der Waals surface area contributed by atoms with E-state index in [1.807, 2.05) is 31.7 Å². The molecule has 1 saturated heterocycles. The Labute approximate surface area is 215 Å². The molecule has 0 saturated carbocycles. The lowest BCUT2D eigenvalue weighted by molar-refractivity contribution is 0.0102. The Balaban J connectivity index is 2.21. The first-order valence-electron chi connectivity index (χ1n) is 13.6. The van der Waals surface area contributed by atoms with Crippen molar-refractivity contribution in [2.75, 3.05) is 13.2 Å². The first-order valence-corrected chi connectivity index (χ1v) is 15.8. The number of hydrogen-bond donors (Lipinski definition) is 1. The maximum absolute atomic E-state index is 12.8. The second kappa shape index (κ2) is 12.7. The van der Waals surface area contributed by atoms with E-state index in [1.54, 1.807) is 0 Å². The second-order valence-electron chi connectivity index (χ2n) is 12.4. The number of hydrogen-bond acceptors (Lipinski definition) is 4. The van der Waals surface area contributed by atoms with Gasteiger partial charge < -0.3 is 19.2 Å². The number of benzene rings is 1. The maximum Gasteiger partial charge on any atom is 0.410 e. The van der Waals surface area contributed by atoms with Gasteiger partial charge in [-0.3, -0.25) is 0 Å². The van der Waals surface area contributed by atoms with Crippen LogP contribution in [0.25, 0.3) is 0 Å². The number of ether oxygens (including phenoxy) is 1. The SMILES string of the molecule is CC(C)[Si](OCC(Cc1ccccc1)C(O)C[C@@H]1CCCN1C(=O)OC(C)(C)C)(C(C)C)C(C)C. The van der Waals surface area contributed by atoms with Crippen LogP contribution in [0.2, 0.25) is 16.6 Å². The highest BCUT2D eigenvalue weighted by Gasteiger charge is 2.46. The van der Waals surface area contributed by atoms with Gasteiger partial charge in [0.05, 0.1) is 6.10 Å². The normalized spacial score (nSPS) is 19.0. The number of carbonyl (C=O) groups is 1. The molecule has 35 heavy (non-hydrogen) atoms. The molecule has 1 fully saturated rings. The summed E-state index contributed by atoms with van der Waals surface area (Å²) in [5, 5.41) is 11.5. The fourth-order valence-corrected chi connectivity index (χ4v) is 11.6. The minimum Gasteiger partial charge on any atom is -0.444 e. The van der Waals surface area contributed by atoms with Gasteiger partial charge in [0.1, 0.15) is 5.60 Å². The van der Waals surface area contributed by atoms with E-state index in [4.69, 9.17) is 9.16 Å². The third kappa shape index (κ3) is 8.06. The van der Waals surface area contributed by atoms with Gasteiger partial charge in [0.25, 0.3) is 0 Å². The number of carbonyl (C=O) groups excluding carboxylic acids is 1. The molecule has 1 amide bonds. The molecule has 2 rings (SSSR count). The van der Waals surface area contributed by atoms with Gasteiger partial charge in [0, 0.05) is 25.1 Å². The van der Waals surface area contributed by atoms with Crippen molar-refractivity contribution in [3.8, 4) is 0 Å². The molecule has 200 valence electrons. The van der Waals surface area contributed by atoms with Crippen LogP contribution in [-0.4, -0.2) is 55.3 Å². The average Bonchev–Trinajstić information content (AvgIpc) is 3.20. The van der Waals surface area contributed by atoms with E-state index in [0.717, 1.165) is 19.3 Å². The van der Waals surface area contributed by atoms with Gasteiger partial charge in [-0.1, -0.05) is 71.9 Å². The monoisotopic (exact) mass is 505 g/mol. The van der Waals surface area contributed by atoms with Crippen molar-refractivity contribution in [1.82, 2.24) is 4.90 Å². The van der Waals surface area contributed by atoms with E-state index >= 15 is 0 Å². The number of likely N-dealkylation sites (tertiary alicyclic amines) is 1.